The SMILES string of the molecule is CC[C@H](C)C(NC(=O)Nc1ccc(Br)cc1)C(=O)NCC(N)=O. The fraction of sp³-hybridized carbons (Fsp3) is 0.400. The van der Waals surface area contributed by atoms with E-state index in [-0.39, 0.29) is 12.5 Å². The summed E-state index contributed by atoms with van der Waals surface area (Å²) in [7, 11) is 0. The molecule has 0 heterocycles. The Balaban J connectivity index is 2.68. The van der Waals surface area contributed by atoms with E-state index in [0.29, 0.717) is 12.1 Å². The van der Waals surface area contributed by atoms with Gasteiger partial charge in [-0.25, -0.2) is 4.79 Å². The number of anilines is 1. The van der Waals surface area contributed by atoms with Crippen LogP contribution in [0.15, 0.2) is 28.7 Å². The molecule has 0 saturated heterocycles. The zero-order valence-electron chi connectivity index (χ0n) is 13.1. The van der Waals surface area contributed by atoms with Gasteiger partial charge in [-0.05, 0) is 30.2 Å². The quantitative estimate of drug-likeness (QED) is 0.572. The second-order valence-corrected chi connectivity index (χ2v) is 6.07. The first-order chi connectivity index (χ1) is 10.8. The Labute approximate surface area is 143 Å². The molecule has 0 aliphatic carbocycles. The number of carbonyl (C=O) groups excluding carboxylic acids is 3. The zero-order valence-corrected chi connectivity index (χ0v) is 14.6. The molecule has 1 aromatic carbocycles. The standard InChI is InChI=1S/C15H21BrN4O3/c1-3-9(2)13(14(22)18-8-12(17)21)20-15(23)19-11-6-4-10(16)5-7-11/h4-7,9,13H,3,8H2,1-2H3,(H2,17,21)(H,18,22)(H2,19,20,23)/t9-,13?/m0/s1. The maximum atomic E-state index is 12.1. The second-order valence-electron chi connectivity index (χ2n) is 5.15. The van der Waals surface area contributed by atoms with Crippen molar-refractivity contribution in [1.29, 1.82) is 0 Å². The predicted octanol–water partition coefficient (Wildman–Crippen LogP) is 1.59. The van der Waals surface area contributed by atoms with Crippen molar-refractivity contribution in [2.45, 2.75) is 26.3 Å². The molecular formula is C15H21BrN4O3. The topological polar surface area (TPSA) is 113 Å². The van der Waals surface area contributed by atoms with Gasteiger partial charge in [-0.15, -0.1) is 0 Å². The first-order valence-corrected chi connectivity index (χ1v) is 8.01. The van der Waals surface area contributed by atoms with Crippen molar-refractivity contribution in [3.63, 3.8) is 0 Å². The van der Waals surface area contributed by atoms with Crippen LogP contribution in [0.25, 0.3) is 0 Å². The summed E-state index contributed by atoms with van der Waals surface area (Å²) < 4.78 is 0.895. The molecular weight excluding hydrogens is 364 g/mol. The Hall–Kier alpha value is -2.09. The Morgan fingerprint density at radius 1 is 1.22 bits per heavy atom. The number of urea groups is 1. The molecule has 2 atom stereocenters. The summed E-state index contributed by atoms with van der Waals surface area (Å²) in [6, 6.07) is 5.80. The highest BCUT2D eigenvalue weighted by molar-refractivity contribution is 9.10. The minimum atomic E-state index is -0.755. The van der Waals surface area contributed by atoms with Gasteiger partial charge in [-0.3, -0.25) is 9.59 Å². The molecule has 7 nitrogen and oxygen atoms in total. The van der Waals surface area contributed by atoms with Gasteiger partial charge in [-0.2, -0.15) is 0 Å². The molecule has 0 spiro atoms. The van der Waals surface area contributed by atoms with Crippen molar-refractivity contribution < 1.29 is 14.4 Å². The van der Waals surface area contributed by atoms with Crippen LogP contribution in [0.1, 0.15) is 20.3 Å². The predicted molar refractivity (Wildman–Crippen MR) is 91.7 cm³/mol. The lowest BCUT2D eigenvalue weighted by molar-refractivity contribution is -0.126. The van der Waals surface area contributed by atoms with E-state index in [9.17, 15) is 14.4 Å². The van der Waals surface area contributed by atoms with E-state index in [0.717, 1.165) is 4.47 Å². The molecule has 0 aliphatic rings. The summed E-state index contributed by atoms with van der Waals surface area (Å²) in [6.07, 6.45) is 0.688. The first kappa shape index (κ1) is 19.0. The monoisotopic (exact) mass is 384 g/mol. The molecule has 23 heavy (non-hydrogen) atoms. The number of carbonyl (C=O) groups is 3. The molecule has 1 aromatic rings. The largest absolute Gasteiger partial charge is 0.368 e. The highest BCUT2D eigenvalue weighted by Gasteiger charge is 2.26. The summed E-state index contributed by atoms with van der Waals surface area (Å²) in [5.74, 6) is -1.18. The van der Waals surface area contributed by atoms with Crippen LogP contribution >= 0.6 is 15.9 Å². The normalized spacial score (nSPS) is 12.8. The highest BCUT2D eigenvalue weighted by atomic mass is 79.9. The number of hydrogen-bond acceptors (Lipinski definition) is 3. The van der Waals surface area contributed by atoms with Gasteiger partial charge >= 0.3 is 6.03 Å². The fourth-order valence-electron chi connectivity index (χ4n) is 1.83. The van der Waals surface area contributed by atoms with Crippen LogP contribution in [0.4, 0.5) is 10.5 Å². The lowest BCUT2D eigenvalue weighted by atomic mass is 9.98. The van der Waals surface area contributed by atoms with E-state index in [2.05, 4.69) is 31.9 Å². The molecule has 0 radical (unpaired) electrons. The molecule has 0 saturated carbocycles. The number of benzene rings is 1. The lowest BCUT2D eigenvalue weighted by Crippen LogP contribution is -2.52. The summed E-state index contributed by atoms with van der Waals surface area (Å²) in [4.78, 5) is 34.9. The maximum absolute atomic E-state index is 12.1. The van der Waals surface area contributed by atoms with E-state index in [1.807, 2.05) is 13.8 Å². The number of primary amides is 1. The van der Waals surface area contributed by atoms with Crippen molar-refractivity contribution in [1.82, 2.24) is 10.6 Å². The third-order valence-corrected chi connectivity index (χ3v) is 3.85. The maximum Gasteiger partial charge on any atom is 0.319 e. The zero-order chi connectivity index (χ0) is 17.4. The molecule has 126 valence electrons. The van der Waals surface area contributed by atoms with Gasteiger partial charge in [0.1, 0.15) is 6.04 Å². The Kier molecular flexibility index (Phi) is 7.53. The van der Waals surface area contributed by atoms with Gasteiger partial charge in [0.05, 0.1) is 6.54 Å². The minimum Gasteiger partial charge on any atom is -0.368 e. The Morgan fingerprint density at radius 3 is 2.35 bits per heavy atom. The second kappa shape index (κ2) is 9.14. The molecule has 1 unspecified atom stereocenters. The summed E-state index contributed by atoms with van der Waals surface area (Å²) in [5.41, 5.74) is 5.61. The molecule has 1 rings (SSSR count). The van der Waals surface area contributed by atoms with E-state index in [1.54, 1.807) is 24.3 Å². The number of amides is 4. The third kappa shape index (κ3) is 6.68. The Bertz CT molecular complexity index is 562. The molecule has 0 bridgehead atoms. The van der Waals surface area contributed by atoms with Crippen molar-refractivity contribution in [3.05, 3.63) is 28.7 Å². The van der Waals surface area contributed by atoms with Crippen LogP contribution in [-0.4, -0.2) is 30.4 Å². The van der Waals surface area contributed by atoms with Crippen LogP contribution < -0.4 is 21.7 Å². The average Bonchev–Trinajstić information content (AvgIpc) is 2.51. The van der Waals surface area contributed by atoms with Gasteiger partial charge in [-0.1, -0.05) is 36.2 Å². The van der Waals surface area contributed by atoms with E-state index in [1.165, 1.54) is 0 Å². The Morgan fingerprint density at radius 2 is 1.83 bits per heavy atom. The van der Waals surface area contributed by atoms with Crippen molar-refractivity contribution >= 4 is 39.5 Å². The molecule has 0 aliphatic heterocycles. The fourth-order valence-corrected chi connectivity index (χ4v) is 2.09. The van der Waals surface area contributed by atoms with Crippen LogP contribution in [0, 0.1) is 5.92 Å². The van der Waals surface area contributed by atoms with Gasteiger partial charge < -0.3 is 21.7 Å². The molecule has 0 aromatic heterocycles. The average molecular weight is 385 g/mol. The van der Waals surface area contributed by atoms with Gasteiger partial charge in [0, 0.05) is 10.2 Å². The van der Waals surface area contributed by atoms with Crippen LogP contribution in [0.5, 0.6) is 0 Å². The number of nitrogens with two attached hydrogens (primary N) is 1. The molecule has 0 fully saturated rings. The third-order valence-electron chi connectivity index (χ3n) is 3.32. The van der Waals surface area contributed by atoms with Crippen LogP contribution in [0.2, 0.25) is 0 Å². The van der Waals surface area contributed by atoms with Gasteiger partial charge in [0.15, 0.2) is 0 Å². The van der Waals surface area contributed by atoms with Crippen molar-refractivity contribution in [3.8, 4) is 0 Å². The smallest absolute Gasteiger partial charge is 0.319 e. The highest BCUT2D eigenvalue weighted by Crippen LogP contribution is 2.14. The molecule has 4 amide bonds. The van der Waals surface area contributed by atoms with E-state index in [4.69, 9.17) is 5.73 Å². The van der Waals surface area contributed by atoms with Gasteiger partial charge in [0.25, 0.3) is 0 Å². The molecule has 8 heteroatoms. The summed E-state index contributed by atoms with van der Waals surface area (Å²) in [6.45, 7) is 3.49. The number of halogens is 1. The van der Waals surface area contributed by atoms with Crippen molar-refractivity contribution in [2.24, 2.45) is 11.7 Å². The van der Waals surface area contributed by atoms with Crippen molar-refractivity contribution in [2.75, 3.05) is 11.9 Å². The number of nitrogens with one attached hydrogen (secondary N) is 3. The minimum absolute atomic E-state index is 0.0986. The van der Waals surface area contributed by atoms with Gasteiger partial charge in [0.2, 0.25) is 11.8 Å². The number of rotatable bonds is 7. The van der Waals surface area contributed by atoms with E-state index < -0.39 is 23.9 Å². The molecule has 5 N–H and O–H groups in total. The number of hydrogen-bond donors (Lipinski definition) is 4. The summed E-state index contributed by atoms with van der Waals surface area (Å²) >= 11 is 3.31. The van der Waals surface area contributed by atoms with Crippen LogP contribution in [-0.2, 0) is 9.59 Å². The first-order valence-electron chi connectivity index (χ1n) is 7.22. The van der Waals surface area contributed by atoms with E-state index >= 15 is 0 Å². The summed E-state index contributed by atoms with van der Waals surface area (Å²) in [5, 5.41) is 7.70. The lowest BCUT2D eigenvalue weighted by Gasteiger charge is -2.23. The van der Waals surface area contributed by atoms with Crippen LogP contribution in [0.3, 0.4) is 0 Å².